The van der Waals surface area contributed by atoms with Gasteiger partial charge in [-0.15, -0.1) is 0 Å². The Labute approximate surface area is 137 Å². The lowest BCUT2D eigenvalue weighted by Crippen LogP contribution is -2.22. The molecule has 7 heteroatoms. The standard InChI is InChI=1S/C17H14FN3O3/c1-23-14-4-2-3-12(9-14)16-20-15(24-21-16)10-19-17(22)11-5-7-13(18)8-6-11/h2-9H,10H2,1H3,(H,19,22). The zero-order chi connectivity index (χ0) is 16.9. The van der Waals surface area contributed by atoms with E-state index in [1.165, 1.54) is 24.3 Å². The fourth-order valence-electron chi connectivity index (χ4n) is 2.07. The van der Waals surface area contributed by atoms with Gasteiger partial charge in [0.1, 0.15) is 11.6 Å². The molecule has 0 radical (unpaired) electrons. The zero-order valence-corrected chi connectivity index (χ0v) is 12.8. The fourth-order valence-corrected chi connectivity index (χ4v) is 2.07. The first-order chi connectivity index (χ1) is 11.7. The van der Waals surface area contributed by atoms with Gasteiger partial charge in [0.15, 0.2) is 0 Å². The van der Waals surface area contributed by atoms with E-state index >= 15 is 0 Å². The van der Waals surface area contributed by atoms with Crippen molar-refractivity contribution in [3.63, 3.8) is 0 Å². The number of carbonyl (C=O) groups is 1. The van der Waals surface area contributed by atoms with E-state index in [9.17, 15) is 9.18 Å². The summed E-state index contributed by atoms with van der Waals surface area (Å²) in [5.41, 5.74) is 1.10. The van der Waals surface area contributed by atoms with Crippen LogP contribution in [-0.2, 0) is 6.54 Å². The lowest BCUT2D eigenvalue weighted by atomic mass is 10.2. The van der Waals surface area contributed by atoms with Gasteiger partial charge in [-0.2, -0.15) is 4.98 Å². The lowest BCUT2D eigenvalue weighted by molar-refractivity contribution is 0.0946. The molecule has 3 aromatic rings. The number of halogens is 1. The molecule has 0 aliphatic rings. The minimum Gasteiger partial charge on any atom is -0.497 e. The SMILES string of the molecule is COc1cccc(-c2noc(CNC(=O)c3ccc(F)cc3)n2)c1. The van der Waals surface area contributed by atoms with E-state index in [0.717, 1.165) is 5.56 Å². The first-order valence-corrected chi connectivity index (χ1v) is 7.16. The van der Waals surface area contributed by atoms with Gasteiger partial charge in [-0.05, 0) is 36.4 Å². The van der Waals surface area contributed by atoms with Crippen LogP contribution in [0.3, 0.4) is 0 Å². The average Bonchev–Trinajstić information content (AvgIpc) is 3.09. The minimum absolute atomic E-state index is 0.0766. The third kappa shape index (κ3) is 3.57. The van der Waals surface area contributed by atoms with E-state index in [4.69, 9.17) is 9.26 Å². The second-order valence-corrected chi connectivity index (χ2v) is 4.93. The number of rotatable bonds is 5. The highest BCUT2D eigenvalue weighted by Gasteiger charge is 2.11. The number of hydrogen-bond acceptors (Lipinski definition) is 5. The van der Waals surface area contributed by atoms with Crippen molar-refractivity contribution in [2.24, 2.45) is 0 Å². The van der Waals surface area contributed by atoms with E-state index in [0.29, 0.717) is 17.1 Å². The maximum absolute atomic E-state index is 12.8. The van der Waals surface area contributed by atoms with Gasteiger partial charge < -0.3 is 14.6 Å². The highest BCUT2D eigenvalue weighted by atomic mass is 19.1. The summed E-state index contributed by atoms with van der Waals surface area (Å²) in [4.78, 5) is 16.2. The number of nitrogens with zero attached hydrogens (tertiary/aromatic N) is 2. The Balaban J connectivity index is 1.65. The molecule has 0 spiro atoms. The molecule has 0 aliphatic heterocycles. The second-order valence-electron chi connectivity index (χ2n) is 4.93. The minimum atomic E-state index is -0.397. The molecule has 122 valence electrons. The molecule has 6 nitrogen and oxygen atoms in total. The van der Waals surface area contributed by atoms with Crippen LogP contribution in [0.4, 0.5) is 4.39 Å². The Morgan fingerprint density at radius 1 is 1.25 bits per heavy atom. The second kappa shape index (κ2) is 6.91. The summed E-state index contributed by atoms with van der Waals surface area (Å²) in [7, 11) is 1.58. The normalized spacial score (nSPS) is 10.4. The number of aromatic nitrogens is 2. The Morgan fingerprint density at radius 2 is 2.04 bits per heavy atom. The van der Waals surface area contributed by atoms with Gasteiger partial charge in [0.2, 0.25) is 11.7 Å². The summed E-state index contributed by atoms with van der Waals surface area (Å²) in [6.45, 7) is 0.0766. The van der Waals surface area contributed by atoms with Gasteiger partial charge in [-0.25, -0.2) is 4.39 Å². The van der Waals surface area contributed by atoms with Gasteiger partial charge in [0.05, 0.1) is 13.7 Å². The van der Waals surface area contributed by atoms with Crippen LogP contribution in [0.1, 0.15) is 16.2 Å². The highest BCUT2D eigenvalue weighted by molar-refractivity contribution is 5.94. The van der Waals surface area contributed by atoms with Gasteiger partial charge in [0.25, 0.3) is 5.91 Å². The summed E-state index contributed by atoms with van der Waals surface area (Å²) in [5.74, 6) is 0.606. The predicted molar refractivity (Wildman–Crippen MR) is 83.9 cm³/mol. The maximum Gasteiger partial charge on any atom is 0.251 e. The van der Waals surface area contributed by atoms with Crippen LogP contribution in [0.25, 0.3) is 11.4 Å². The number of carbonyl (C=O) groups excluding carboxylic acids is 1. The number of amides is 1. The molecule has 1 N–H and O–H groups in total. The van der Waals surface area contributed by atoms with Crippen LogP contribution in [0.15, 0.2) is 53.1 Å². The zero-order valence-electron chi connectivity index (χ0n) is 12.8. The lowest BCUT2D eigenvalue weighted by Gasteiger charge is -2.02. The largest absolute Gasteiger partial charge is 0.497 e. The molecule has 0 saturated heterocycles. The van der Waals surface area contributed by atoms with Crippen molar-refractivity contribution < 1.29 is 18.4 Å². The number of hydrogen-bond donors (Lipinski definition) is 1. The Bertz CT molecular complexity index is 846. The third-order valence-electron chi connectivity index (χ3n) is 3.30. The molecule has 0 fully saturated rings. The summed E-state index contributed by atoms with van der Waals surface area (Å²) < 4.78 is 23.1. The van der Waals surface area contributed by atoms with Crippen LogP contribution in [0, 0.1) is 5.82 Å². The first kappa shape index (κ1) is 15.7. The third-order valence-corrected chi connectivity index (χ3v) is 3.30. The van der Waals surface area contributed by atoms with Crippen LogP contribution in [0.5, 0.6) is 5.75 Å². The fraction of sp³-hybridized carbons (Fsp3) is 0.118. The molecule has 0 bridgehead atoms. The summed E-state index contributed by atoms with van der Waals surface area (Å²) >= 11 is 0. The molecule has 0 aliphatic carbocycles. The highest BCUT2D eigenvalue weighted by Crippen LogP contribution is 2.21. The van der Waals surface area contributed by atoms with Crippen molar-refractivity contribution in [3.05, 3.63) is 65.8 Å². The van der Waals surface area contributed by atoms with E-state index < -0.39 is 5.82 Å². The quantitative estimate of drug-likeness (QED) is 0.780. The Kier molecular flexibility index (Phi) is 4.51. The Morgan fingerprint density at radius 3 is 2.79 bits per heavy atom. The van der Waals surface area contributed by atoms with Crippen molar-refractivity contribution in [1.29, 1.82) is 0 Å². The molecular formula is C17H14FN3O3. The Hall–Kier alpha value is -3.22. The van der Waals surface area contributed by atoms with E-state index in [1.54, 1.807) is 13.2 Å². The molecule has 0 atom stereocenters. The summed E-state index contributed by atoms with van der Waals surface area (Å²) in [6, 6.07) is 12.5. The molecule has 3 rings (SSSR count). The monoisotopic (exact) mass is 327 g/mol. The van der Waals surface area contributed by atoms with Gasteiger partial charge in [-0.3, -0.25) is 4.79 Å². The molecule has 2 aromatic carbocycles. The smallest absolute Gasteiger partial charge is 0.251 e. The topological polar surface area (TPSA) is 77.3 Å². The van der Waals surface area contributed by atoms with Crippen LogP contribution in [-0.4, -0.2) is 23.2 Å². The van der Waals surface area contributed by atoms with E-state index in [2.05, 4.69) is 15.5 Å². The molecule has 24 heavy (non-hydrogen) atoms. The molecule has 0 saturated carbocycles. The van der Waals surface area contributed by atoms with Crippen molar-refractivity contribution >= 4 is 5.91 Å². The van der Waals surface area contributed by atoms with Crippen LogP contribution < -0.4 is 10.1 Å². The van der Waals surface area contributed by atoms with Gasteiger partial charge in [0, 0.05) is 11.1 Å². The predicted octanol–water partition coefficient (Wildman–Crippen LogP) is 2.81. The van der Waals surface area contributed by atoms with Crippen LogP contribution in [0.2, 0.25) is 0 Å². The molecule has 1 amide bonds. The summed E-state index contributed by atoms with van der Waals surface area (Å²) in [5, 5.41) is 6.52. The van der Waals surface area contributed by atoms with Crippen molar-refractivity contribution in [3.8, 4) is 17.1 Å². The number of ether oxygens (including phenoxy) is 1. The molecule has 1 aromatic heterocycles. The molecule has 0 unspecified atom stereocenters. The molecule has 1 heterocycles. The first-order valence-electron chi connectivity index (χ1n) is 7.16. The van der Waals surface area contributed by atoms with Crippen molar-refractivity contribution in [2.45, 2.75) is 6.54 Å². The van der Waals surface area contributed by atoms with Gasteiger partial charge >= 0.3 is 0 Å². The molecular weight excluding hydrogens is 313 g/mol. The van der Waals surface area contributed by atoms with Gasteiger partial charge in [-0.1, -0.05) is 17.3 Å². The van der Waals surface area contributed by atoms with Crippen molar-refractivity contribution in [2.75, 3.05) is 7.11 Å². The van der Waals surface area contributed by atoms with E-state index in [1.807, 2.05) is 18.2 Å². The average molecular weight is 327 g/mol. The van der Waals surface area contributed by atoms with Crippen molar-refractivity contribution in [1.82, 2.24) is 15.5 Å². The number of nitrogens with one attached hydrogen (secondary N) is 1. The summed E-state index contributed by atoms with van der Waals surface area (Å²) in [6.07, 6.45) is 0. The maximum atomic E-state index is 12.8. The van der Waals surface area contributed by atoms with E-state index in [-0.39, 0.29) is 18.3 Å². The van der Waals surface area contributed by atoms with Crippen LogP contribution >= 0.6 is 0 Å². The number of methoxy groups -OCH3 is 1. The number of benzene rings is 2.